The van der Waals surface area contributed by atoms with E-state index in [1.807, 2.05) is 6.92 Å². The van der Waals surface area contributed by atoms with Gasteiger partial charge < -0.3 is 10.7 Å². The van der Waals surface area contributed by atoms with Crippen molar-refractivity contribution in [1.29, 1.82) is 0 Å². The van der Waals surface area contributed by atoms with Gasteiger partial charge in [-0.15, -0.1) is 0 Å². The number of imidazole rings is 1. The fourth-order valence-electron chi connectivity index (χ4n) is 0.924. The van der Waals surface area contributed by atoms with Crippen molar-refractivity contribution in [1.82, 2.24) is 9.97 Å². The minimum absolute atomic E-state index is 0.0860. The van der Waals surface area contributed by atoms with Crippen LogP contribution in [0.1, 0.15) is 18.4 Å². The number of aromatic amines is 1. The van der Waals surface area contributed by atoms with Crippen LogP contribution in [-0.4, -0.2) is 16.0 Å². The SMILES string of the molecule is CC(N)Cc1cnc(CF)[nH]1. The van der Waals surface area contributed by atoms with E-state index in [1.54, 1.807) is 6.20 Å². The van der Waals surface area contributed by atoms with E-state index in [2.05, 4.69) is 9.97 Å². The lowest BCUT2D eigenvalue weighted by molar-refractivity contribution is 0.467. The van der Waals surface area contributed by atoms with Crippen LogP contribution in [0.2, 0.25) is 0 Å². The standard InChI is InChI=1S/C7H12FN3/c1-5(9)2-6-4-10-7(3-8)11-6/h4-5H,2-3,9H2,1H3,(H,10,11). The second-order valence-corrected chi connectivity index (χ2v) is 2.67. The van der Waals surface area contributed by atoms with Gasteiger partial charge in [-0.05, 0) is 6.92 Å². The minimum Gasteiger partial charge on any atom is -0.344 e. The van der Waals surface area contributed by atoms with Crippen LogP contribution in [0.5, 0.6) is 0 Å². The van der Waals surface area contributed by atoms with Gasteiger partial charge in [-0.3, -0.25) is 0 Å². The van der Waals surface area contributed by atoms with Gasteiger partial charge in [-0.2, -0.15) is 0 Å². The van der Waals surface area contributed by atoms with Gasteiger partial charge in [0.15, 0.2) is 0 Å². The third kappa shape index (κ3) is 2.31. The second-order valence-electron chi connectivity index (χ2n) is 2.67. The van der Waals surface area contributed by atoms with Crippen LogP contribution in [0.15, 0.2) is 6.20 Å². The molecule has 0 saturated carbocycles. The number of aromatic nitrogens is 2. The van der Waals surface area contributed by atoms with Gasteiger partial charge in [0.2, 0.25) is 0 Å². The number of rotatable bonds is 3. The highest BCUT2D eigenvalue weighted by Gasteiger charge is 2.01. The summed E-state index contributed by atoms with van der Waals surface area (Å²) in [4.78, 5) is 6.63. The molecule has 0 aliphatic carbocycles. The summed E-state index contributed by atoms with van der Waals surface area (Å²) in [5.41, 5.74) is 6.43. The zero-order valence-corrected chi connectivity index (χ0v) is 6.47. The van der Waals surface area contributed by atoms with E-state index in [0.29, 0.717) is 12.2 Å². The molecule has 0 saturated heterocycles. The summed E-state index contributed by atoms with van der Waals surface area (Å²) < 4.78 is 12.0. The maximum Gasteiger partial charge on any atom is 0.147 e. The summed E-state index contributed by atoms with van der Waals surface area (Å²) in [5.74, 6) is 0.376. The lowest BCUT2D eigenvalue weighted by Gasteiger charge is -1.99. The van der Waals surface area contributed by atoms with Crippen LogP contribution >= 0.6 is 0 Å². The maximum atomic E-state index is 12.0. The first-order valence-corrected chi connectivity index (χ1v) is 3.56. The van der Waals surface area contributed by atoms with Gasteiger partial charge in [0.1, 0.15) is 12.5 Å². The normalized spacial score (nSPS) is 13.4. The molecule has 1 unspecified atom stereocenters. The molecule has 1 atom stereocenters. The largest absolute Gasteiger partial charge is 0.344 e. The first-order chi connectivity index (χ1) is 5.22. The van der Waals surface area contributed by atoms with Gasteiger partial charge >= 0.3 is 0 Å². The predicted octanol–water partition coefficient (Wildman–Crippen LogP) is 0.769. The van der Waals surface area contributed by atoms with E-state index in [4.69, 9.17) is 5.73 Å². The van der Waals surface area contributed by atoms with Crippen LogP contribution in [0.4, 0.5) is 4.39 Å². The Morgan fingerprint density at radius 3 is 3.00 bits per heavy atom. The Kier molecular flexibility index (Phi) is 2.59. The van der Waals surface area contributed by atoms with Crippen molar-refractivity contribution in [2.45, 2.75) is 26.1 Å². The number of hydrogen-bond acceptors (Lipinski definition) is 2. The lowest BCUT2D eigenvalue weighted by atomic mass is 10.2. The molecule has 11 heavy (non-hydrogen) atoms. The van der Waals surface area contributed by atoms with Crippen molar-refractivity contribution in [3.63, 3.8) is 0 Å². The first kappa shape index (κ1) is 8.20. The van der Waals surface area contributed by atoms with E-state index >= 15 is 0 Å². The molecule has 0 aliphatic heterocycles. The Balaban J connectivity index is 2.58. The molecule has 3 nitrogen and oxygen atoms in total. The van der Waals surface area contributed by atoms with Crippen LogP contribution < -0.4 is 5.73 Å². The molecule has 0 aliphatic rings. The highest BCUT2D eigenvalue weighted by atomic mass is 19.1. The summed E-state index contributed by atoms with van der Waals surface area (Å²) in [6.45, 7) is 1.36. The van der Waals surface area contributed by atoms with Crippen molar-refractivity contribution in [2.24, 2.45) is 5.73 Å². The molecule has 0 amide bonds. The van der Waals surface area contributed by atoms with E-state index in [-0.39, 0.29) is 6.04 Å². The van der Waals surface area contributed by atoms with E-state index in [1.165, 1.54) is 0 Å². The van der Waals surface area contributed by atoms with Gasteiger partial charge in [0.25, 0.3) is 0 Å². The van der Waals surface area contributed by atoms with Crippen molar-refractivity contribution < 1.29 is 4.39 Å². The average Bonchev–Trinajstić information content (AvgIpc) is 2.34. The summed E-state index contributed by atoms with van der Waals surface area (Å²) in [6, 6.07) is 0.0860. The molecule has 0 aromatic carbocycles. The molecule has 0 fully saturated rings. The Labute approximate surface area is 64.8 Å². The van der Waals surface area contributed by atoms with Crippen LogP contribution in [0, 0.1) is 0 Å². The van der Waals surface area contributed by atoms with Gasteiger partial charge in [0, 0.05) is 24.4 Å². The van der Waals surface area contributed by atoms with Crippen LogP contribution in [-0.2, 0) is 13.1 Å². The molecule has 0 radical (unpaired) electrons. The Hall–Kier alpha value is -0.900. The number of nitrogens with two attached hydrogens (primary N) is 1. The quantitative estimate of drug-likeness (QED) is 0.680. The minimum atomic E-state index is -0.543. The fraction of sp³-hybridized carbons (Fsp3) is 0.571. The topological polar surface area (TPSA) is 54.7 Å². The Morgan fingerprint density at radius 1 is 1.82 bits per heavy atom. The zero-order chi connectivity index (χ0) is 8.27. The van der Waals surface area contributed by atoms with Gasteiger partial charge in [-0.1, -0.05) is 0 Å². The molecule has 0 bridgehead atoms. The van der Waals surface area contributed by atoms with Gasteiger partial charge in [-0.25, -0.2) is 9.37 Å². The van der Waals surface area contributed by atoms with Crippen LogP contribution in [0.25, 0.3) is 0 Å². The number of hydrogen-bond donors (Lipinski definition) is 2. The van der Waals surface area contributed by atoms with Crippen molar-refractivity contribution in [3.8, 4) is 0 Å². The number of nitrogens with zero attached hydrogens (tertiary/aromatic N) is 1. The van der Waals surface area contributed by atoms with Crippen LogP contribution in [0.3, 0.4) is 0 Å². The number of alkyl halides is 1. The second kappa shape index (κ2) is 3.48. The number of nitrogens with one attached hydrogen (secondary N) is 1. The molecule has 1 heterocycles. The van der Waals surface area contributed by atoms with E-state index in [9.17, 15) is 4.39 Å². The molecule has 1 aromatic heterocycles. The third-order valence-corrected chi connectivity index (χ3v) is 1.35. The summed E-state index contributed by atoms with van der Waals surface area (Å²) in [5, 5.41) is 0. The molecule has 3 N–H and O–H groups in total. The maximum absolute atomic E-state index is 12.0. The average molecular weight is 157 g/mol. The highest BCUT2D eigenvalue weighted by molar-refractivity contribution is 5.01. The molecular weight excluding hydrogens is 145 g/mol. The first-order valence-electron chi connectivity index (χ1n) is 3.56. The molecule has 1 rings (SSSR count). The molecule has 0 spiro atoms. The molecule has 4 heteroatoms. The third-order valence-electron chi connectivity index (χ3n) is 1.35. The highest BCUT2D eigenvalue weighted by Crippen LogP contribution is 2.00. The summed E-state index contributed by atoms with van der Waals surface area (Å²) >= 11 is 0. The monoisotopic (exact) mass is 157 g/mol. The Bertz CT molecular complexity index is 219. The Morgan fingerprint density at radius 2 is 2.55 bits per heavy atom. The van der Waals surface area contributed by atoms with E-state index < -0.39 is 6.67 Å². The van der Waals surface area contributed by atoms with Crippen molar-refractivity contribution >= 4 is 0 Å². The van der Waals surface area contributed by atoms with Crippen molar-refractivity contribution in [3.05, 3.63) is 17.7 Å². The zero-order valence-electron chi connectivity index (χ0n) is 6.47. The predicted molar refractivity (Wildman–Crippen MR) is 40.8 cm³/mol. The molecular formula is C7H12FN3. The fourth-order valence-corrected chi connectivity index (χ4v) is 0.924. The summed E-state index contributed by atoms with van der Waals surface area (Å²) in [6.07, 6.45) is 2.34. The van der Waals surface area contributed by atoms with Crippen molar-refractivity contribution in [2.75, 3.05) is 0 Å². The summed E-state index contributed by atoms with van der Waals surface area (Å²) in [7, 11) is 0. The lowest BCUT2D eigenvalue weighted by Crippen LogP contribution is -2.17. The van der Waals surface area contributed by atoms with Gasteiger partial charge in [0.05, 0.1) is 0 Å². The number of H-pyrrole nitrogens is 1. The molecule has 62 valence electrons. The number of halogens is 1. The smallest absolute Gasteiger partial charge is 0.147 e. The molecule has 1 aromatic rings. The van der Waals surface area contributed by atoms with E-state index in [0.717, 1.165) is 5.69 Å².